The molecule has 0 saturated heterocycles. The number of rotatable bonds is 4. The Morgan fingerprint density at radius 2 is 2.43 bits per heavy atom. The zero-order valence-electron chi connectivity index (χ0n) is 7.53. The topological polar surface area (TPSA) is 91.8 Å². The highest BCUT2D eigenvalue weighted by Gasteiger charge is 1.97. The molecule has 0 spiro atoms. The number of carbonyl (C=O) groups excluding carboxylic acids is 1. The molecule has 14 heavy (non-hydrogen) atoms. The van der Waals surface area contributed by atoms with Crippen molar-refractivity contribution in [2.75, 3.05) is 11.9 Å². The fourth-order valence-corrected chi connectivity index (χ4v) is 0.909. The van der Waals surface area contributed by atoms with Crippen LogP contribution >= 0.6 is 0 Å². The lowest BCUT2D eigenvalue weighted by molar-refractivity contribution is -0.117. The lowest BCUT2D eigenvalue weighted by atomic mass is 10.3. The first kappa shape index (κ1) is 9.99. The molecule has 1 aromatic heterocycles. The summed E-state index contributed by atoms with van der Waals surface area (Å²) in [6, 6.07) is 6.98. The quantitative estimate of drug-likeness (QED) is 0.711. The minimum atomic E-state index is -0.367. The number of hydrogen-bond donors (Lipinski definition) is 2. The molecule has 1 amide bonds. The van der Waals surface area contributed by atoms with Crippen molar-refractivity contribution >= 4 is 11.7 Å². The van der Waals surface area contributed by atoms with E-state index < -0.39 is 0 Å². The molecular formula is C9H10N4O. The number of nitrogens with zero attached hydrogens (tertiary/aromatic N) is 2. The normalized spacial score (nSPS) is 9.07. The monoisotopic (exact) mass is 190 g/mol. The van der Waals surface area contributed by atoms with Gasteiger partial charge in [-0.2, -0.15) is 5.26 Å². The third-order valence-corrected chi connectivity index (χ3v) is 1.54. The molecule has 0 aliphatic heterocycles. The predicted octanol–water partition coefficient (Wildman–Crippen LogP) is 0.241. The van der Waals surface area contributed by atoms with Gasteiger partial charge in [0, 0.05) is 13.0 Å². The fraction of sp³-hybridized carbons (Fsp3) is 0.222. The van der Waals surface area contributed by atoms with Crippen molar-refractivity contribution in [2.24, 2.45) is 5.73 Å². The van der Waals surface area contributed by atoms with Gasteiger partial charge >= 0.3 is 0 Å². The number of nitrogens with one attached hydrogen (secondary N) is 1. The Hall–Kier alpha value is -2.09. The first-order chi connectivity index (χ1) is 6.72. The van der Waals surface area contributed by atoms with E-state index in [4.69, 9.17) is 11.0 Å². The molecule has 0 bridgehead atoms. The summed E-state index contributed by atoms with van der Waals surface area (Å²) >= 11 is 0. The molecule has 5 nitrogen and oxygen atoms in total. The molecule has 0 fully saturated rings. The van der Waals surface area contributed by atoms with E-state index >= 15 is 0 Å². The van der Waals surface area contributed by atoms with Crippen molar-refractivity contribution in [3.05, 3.63) is 23.9 Å². The van der Waals surface area contributed by atoms with Gasteiger partial charge in [0.2, 0.25) is 5.91 Å². The minimum absolute atomic E-state index is 0.248. The molecule has 0 radical (unpaired) electrons. The number of pyridine rings is 1. The van der Waals surface area contributed by atoms with Crippen LogP contribution in [-0.4, -0.2) is 17.4 Å². The molecule has 0 aliphatic rings. The number of anilines is 1. The van der Waals surface area contributed by atoms with Gasteiger partial charge in [-0.05, 0) is 12.1 Å². The van der Waals surface area contributed by atoms with E-state index in [1.807, 2.05) is 6.07 Å². The van der Waals surface area contributed by atoms with Crippen LogP contribution in [0.25, 0.3) is 0 Å². The SMILES string of the molecule is N#Cc1cccc(NCCC(N)=O)n1. The smallest absolute Gasteiger partial charge is 0.219 e. The summed E-state index contributed by atoms with van der Waals surface area (Å²) in [6.45, 7) is 0.428. The van der Waals surface area contributed by atoms with Gasteiger partial charge in [-0.3, -0.25) is 4.79 Å². The highest BCUT2D eigenvalue weighted by molar-refractivity contribution is 5.74. The Kier molecular flexibility index (Phi) is 3.44. The molecule has 0 atom stereocenters. The van der Waals surface area contributed by atoms with Gasteiger partial charge in [0.15, 0.2) is 0 Å². The number of aromatic nitrogens is 1. The Morgan fingerprint density at radius 3 is 3.07 bits per heavy atom. The standard InChI is InChI=1S/C9H10N4O/c10-6-7-2-1-3-9(13-7)12-5-4-8(11)14/h1-3H,4-5H2,(H2,11,14)(H,12,13). The van der Waals surface area contributed by atoms with E-state index in [9.17, 15) is 4.79 Å². The van der Waals surface area contributed by atoms with Crippen LogP contribution in [-0.2, 0) is 4.79 Å². The summed E-state index contributed by atoms with van der Waals surface area (Å²) < 4.78 is 0. The van der Waals surface area contributed by atoms with E-state index in [1.54, 1.807) is 18.2 Å². The number of carbonyl (C=O) groups is 1. The van der Waals surface area contributed by atoms with Crippen molar-refractivity contribution in [1.82, 2.24) is 4.98 Å². The van der Waals surface area contributed by atoms with Crippen LogP contribution in [0.2, 0.25) is 0 Å². The molecule has 3 N–H and O–H groups in total. The molecular weight excluding hydrogens is 180 g/mol. The maximum atomic E-state index is 10.4. The number of hydrogen-bond acceptors (Lipinski definition) is 4. The highest BCUT2D eigenvalue weighted by atomic mass is 16.1. The first-order valence-electron chi connectivity index (χ1n) is 4.11. The molecule has 1 rings (SSSR count). The number of nitriles is 1. The van der Waals surface area contributed by atoms with Crippen molar-refractivity contribution in [3.63, 3.8) is 0 Å². The van der Waals surface area contributed by atoms with E-state index in [0.717, 1.165) is 0 Å². The third-order valence-electron chi connectivity index (χ3n) is 1.54. The summed E-state index contributed by atoms with van der Waals surface area (Å²) in [6.07, 6.45) is 0.248. The van der Waals surface area contributed by atoms with Gasteiger partial charge in [0.25, 0.3) is 0 Å². The first-order valence-corrected chi connectivity index (χ1v) is 4.11. The van der Waals surface area contributed by atoms with E-state index in [1.165, 1.54) is 0 Å². The second-order valence-corrected chi connectivity index (χ2v) is 2.66. The van der Waals surface area contributed by atoms with Crippen molar-refractivity contribution in [1.29, 1.82) is 5.26 Å². The van der Waals surface area contributed by atoms with Crippen molar-refractivity contribution in [2.45, 2.75) is 6.42 Å². The molecule has 0 unspecified atom stereocenters. The molecule has 0 aromatic carbocycles. The van der Waals surface area contributed by atoms with Gasteiger partial charge in [0.05, 0.1) is 0 Å². The predicted molar refractivity (Wildman–Crippen MR) is 51.3 cm³/mol. The van der Waals surface area contributed by atoms with Gasteiger partial charge in [-0.1, -0.05) is 6.07 Å². The largest absolute Gasteiger partial charge is 0.370 e. The minimum Gasteiger partial charge on any atom is -0.370 e. The van der Waals surface area contributed by atoms with Crippen LogP contribution in [0, 0.1) is 11.3 Å². The Morgan fingerprint density at radius 1 is 1.64 bits per heavy atom. The van der Waals surface area contributed by atoms with Crippen molar-refractivity contribution < 1.29 is 4.79 Å². The van der Waals surface area contributed by atoms with Crippen LogP contribution < -0.4 is 11.1 Å². The number of amides is 1. The Labute approximate surface area is 81.6 Å². The fourth-order valence-electron chi connectivity index (χ4n) is 0.909. The Bertz CT molecular complexity index is 369. The summed E-state index contributed by atoms with van der Waals surface area (Å²) in [7, 11) is 0. The molecule has 1 heterocycles. The van der Waals surface area contributed by atoms with E-state index in [-0.39, 0.29) is 12.3 Å². The maximum Gasteiger partial charge on any atom is 0.219 e. The van der Waals surface area contributed by atoms with Crippen LogP contribution in [0.1, 0.15) is 12.1 Å². The van der Waals surface area contributed by atoms with Gasteiger partial charge < -0.3 is 11.1 Å². The van der Waals surface area contributed by atoms with E-state index in [2.05, 4.69) is 10.3 Å². The van der Waals surface area contributed by atoms with E-state index in [0.29, 0.717) is 18.1 Å². The average molecular weight is 190 g/mol. The van der Waals surface area contributed by atoms with Gasteiger partial charge in [-0.25, -0.2) is 4.98 Å². The molecule has 0 saturated carbocycles. The molecule has 1 aromatic rings. The molecule has 0 aliphatic carbocycles. The van der Waals surface area contributed by atoms with Crippen LogP contribution in [0.3, 0.4) is 0 Å². The lowest BCUT2D eigenvalue weighted by Crippen LogP contribution is -2.16. The van der Waals surface area contributed by atoms with Crippen molar-refractivity contribution in [3.8, 4) is 6.07 Å². The maximum absolute atomic E-state index is 10.4. The summed E-state index contributed by atoms with van der Waals surface area (Å²) in [5.74, 6) is 0.208. The van der Waals surface area contributed by atoms with Gasteiger partial charge in [0.1, 0.15) is 17.6 Å². The number of nitrogens with two attached hydrogens (primary N) is 1. The molecule has 5 heteroatoms. The zero-order valence-corrected chi connectivity index (χ0v) is 7.53. The second-order valence-electron chi connectivity index (χ2n) is 2.66. The lowest BCUT2D eigenvalue weighted by Gasteiger charge is -2.02. The summed E-state index contributed by atoms with van der Waals surface area (Å²) in [5.41, 5.74) is 5.30. The second kappa shape index (κ2) is 4.82. The van der Waals surface area contributed by atoms with Crippen LogP contribution in [0.15, 0.2) is 18.2 Å². The zero-order chi connectivity index (χ0) is 10.4. The number of primary amides is 1. The van der Waals surface area contributed by atoms with Gasteiger partial charge in [-0.15, -0.1) is 0 Å². The summed E-state index contributed by atoms with van der Waals surface area (Å²) in [4.78, 5) is 14.4. The Balaban J connectivity index is 2.51. The van der Waals surface area contributed by atoms with Crippen LogP contribution in [0.5, 0.6) is 0 Å². The third kappa shape index (κ3) is 3.11. The molecule has 72 valence electrons. The average Bonchev–Trinajstić information content (AvgIpc) is 2.18. The summed E-state index contributed by atoms with van der Waals surface area (Å²) in [5, 5.41) is 11.4. The van der Waals surface area contributed by atoms with Crippen LogP contribution in [0.4, 0.5) is 5.82 Å². The highest BCUT2D eigenvalue weighted by Crippen LogP contribution is 2.03.